The van der Waals surface area contributed by atoms with Crippen LogP contribution in [0.2, 0.25) is 0 Å². The van der Waals surface area contributed by atoms with E-state index < -0.39 is 0 Å². The number of rotatable bonds is 8. The first-order valence-electron chi connectivity index (χ1n) is 12.1. The number of likely N-dealkylation sites (tertiary alicyclic amines) is 1. The van der Waals surface area contributed by atoms with Crippen molar-refractivity contribution in [2.24, 2.45) is 0 Å². The first kappa shape index (κ1) is 23.6. The van der Waals surface area contributed by atoms with Crippen LogP contribution in [0.4, 0.5) is 0 Å². The second kappa shape index (κ2) is 11.5. The smallest absolute Gasteiger partial charge is 0.253 e. The number of benzene rings is 3. The Morgan fingerprint density at radius 1 is 0.882 bits per heavy atom. The molecule has 1 fully saturated rings. The van der Waals surface area contributed by atoms with Crippen LogP contribution in [-0.4, -0.2) is 42.5 Å². The lowest BCUT2D eigenvalue weighted by Gasteiger charge is -2.32. The van der Waals surface area contributed by atoms with Crippen molar-refractivity contribution in [2.75, 3.05) is 19.7 Å². The number of nitrogens with zero attached hydrogens (tertiary/aromatic N) is 1. The third-order valence-corrected chi connectivity index (χ3v) is 6.32. The quantitative estimate of drug-likeness (QED) is 0.524. The summed E-state index contributed by atoms with van der Waals surface area (Å²) in [6.45, 7) is 3.80. The molecule has 0 aliphatic carbocycles. The molecule has 4 rings (SSSR count). The molecular formula is C29H32N2O3. The van der Waals surface area contributed by atoms with E-state index in [4.69, 9.17) is 4.74 Å². The number of ether oxygens (including phenoxy) is 1. The molecule has 1 aliphatic rings. The predicted octanol–water partition coefficient (Wildman–Crippen LogP) is 4.91. The summed E-state index contributed by atoms with van der Waals surface area (Å²) >= 11 is 0. The van der Waals surface area contributed by atoms with Crippen molar-refractivity contribution in [1.82, 2.24) is 10.2 Å². The molecule has 34 heavy (non-hydrogen) atoms. The van der Waals surface area contributed by atoms with Gasteiger partial charge < -0.3 is 15.0 Å². The maximum absolute atomic E-state index is 13.1. The average Bonchev–Trinajstić information content (AvgIpc) is 2.89. The molecule has 0 unspecified atom stereocenters. The van der Waals surface area contributed by atoms with Crippen molar-refractivity contribution in [3.05, 3.63) is 101 Å². The number of carbonyl (C=O) groups is 2. The molecule has 0 atom stereocenters. The van der Waals surface area contributed by atoms with E-state index in [2.05, 4.69) is 17.4 Å². The number of hydrogen-bond donors (Lipinski definition) is 1. The van der Waals surface area contributed by atoms with E-state index in [-0.39, 0.29) is 17.9 Å². The van der Waals surface area contributed by atoms with Crippen LogP contribution in [0, 0.1) is 0 Å². The summed E-state index contributed by atoms with van der Waals surface area (Å²) in [4.78, 5) is 27.8. The third kappa shape index (κ3) is 6.04. The minimum Gasteiger partial charge on any atom is -0.494 e. The Morgan fingerprint density at radius 2 is 1.56 bits per heavy atom. The lowest BCUT2D eigenvalue weighted by Crippen LogP contribution is -2.46. The second-order valence-electron chi connectivity index (χ2n) is 8.64. The van der Waals surface area contributed by atoms with Crippen LogP contribution >= 0.6 is 0 Å². The summed E-state index contributed by atoms with van der Waals surface area (Å²) in [5.41, 5.74) is 3.74. The molecule has 5 heteroatoms. The largest absolute Gasteiger partial charge is 0.494 e. The van der Waals surface area contributed by atoms with Gasteiger partial charge in [0.05, 0.1) is 6.61 Å². The van der Waals surface area contributed by atoms with Gasteiger partial charge in [0, 0.05) is 30.3 Å². The fourth-order valence-electron chi connectivity index (χ4n) is 4.42. The lowest BCUT2D eigenvalue weighted by atomic mass is 9.98. The third-order valence-electron chi connectivity index (χ3n) is 6.32. The van der Waals surface area contributed by atoms with Crippen LogP contribution in [0.3, 0.4) is 0 Å². The predicted molar refractivity (Wildman–Crippen MR) is 134 cm³/mol. The highest BCUT2D eigenvalue weighted by atomic mass is 16.5. The van der Waals surface area contributed by atoms with Gasteiger partial charge in [0.2, 0.25) is 0 Å². The zero-order chi connectivity index (χ0) is 23.8. The van der Waals surface area contributed by atoms with Crippen LogP contribution in [0.15, 0.2) is 78.9 Å². The summed E-state index contributed by atoms with van der Waals surface area (Å²) in [7, 11) is 0. The Bertz CT molecular complexity index is 1090. The molecule has 1 aliphatic heterocycles. The number of amides is 2. The normalized spacial score (nSPS) is 14.0. The summed E-state index contributed by atoms with van der Waals surface area (Å²) in [5, 5.41) is 3.20. The first-order chi connectivity index (χ1) is 16.6. The molecular weight excluding hydrogens is 424 g/mol. The van der Waals surface area contributed by atoms with Crippen LogP contribution in [-0.2, 0) is 12.8 Å². The van der Waals surface area contributed by atoms with Crippen molar-refractivity contribution in [1.29, 1.82) is 0 Å². The van der Waals surface area contributed by atoms with Crippen molar-refractivity contribution in [3.8, 4) is 5.75 Å². The molecule has 5 nitrogen and oxygen atoms in total. The van der Waals surface area contributed by atoms with Gasteiger partial charge in [-0.05, 0) is 74.1 Å². The van der Waals surface area contributed by atoms with E-state index in [0.717, 1.165) is 42.6 Å². The summed E-state index contributed by atoms with van der Waals surface area (Å²) in [6, 6.07) is 25.5. The highest BCUT2D eigenvalue weighted by Gasteiger charge is 2.25. The lowest BCUT2D eigenvalue weighted by molar-refractivity contribution is 0.0698. The Balaban J connectivity index is 1.30. The Hall–Kier alpha value is -3.60. The number of hydrogen-bond acceptors (Lipinski definition) is 3. The molecule has 1 saturated heterocycles. The fraction of sp³-hybridized carbons (Fsp3) is 0.310. The van der Waals surface area contributed by atoms with E-state index in [1.165, 1.54) is 5.56 Å². The zero-order valence-corrected chi connectivity index (χ0v) is 19.7. The number of nitrogens with one attached hydrogen (secondary N) is 1. The van der Waals surface area contributed by atoms with E-state index >= 15 is 0 Å². The minimum absolute atomic E-state index is 0.0269. The van der Waals surface area contributed by atoms with Crippen LogP contribution in [0.5, 0.6) is 5.75 Å². The molecule has 0 bridgehead atoms. The second-order valence-corrected chi connectivity index (χ2v) is 8.64. The molecule has 1 N–H and O–H groups in total. The van der Waals surface area contributed by atoms with Gasteiger partial charge in [0.15, 0.2) is 0 Å². The van der Waals surface area contributed by atoms with Gasteiger partial charge in [0.25, 0.3) is 11.8 Å². The molecule has 0 saturated carbocycles. The summed E-state index contributed by atoms with van der Waals surface area (Å²) in [6.07, 6.45) is 3.22. The maximum Gasteiger partial charge on any atom is 0.253 e. The molecule has 3 aromatic carbocycles. The number of aryl methyl sites for hydroxylation is 2. The summed E-state index contributed by atoms with van der Waals surface area (Å²) < 4.78 is 5.45. The standard InChI is InChI=1S/C29H32N2O3/c1-2-34-26-16-14-24(15-17-26)29(33)31-20-18-25(19-21-31)30-28(32)27-11-7-6-10-23(27)13-12-22-8-4-3-5-9-22/h3-11,14-17,25H,2,12-13,18-21H2,1H3,(H,30,32). The van der Waals surface area contributed by atoms with Gasteiger partial charge in [0.1, 0.15) is 5.75 Å². The van der Waals surface area contributed by atoms with E-state index in [1.807, 2.05) is 78.6 Å². The van der Waals surface area contributed by atoms with Gasteiger partial charge in [-0.25, -0.2) is 0 Å². The molecule has 0 radical (unpaired) electrons. The molecule has 0 aromatic heterocycles. The zero-order valence-electron chi connectivity index (χ0n) is 19.7. The van der Waals surface area contributed by atoms with Crippen LogP contribution in [0.25, 0.3) is 0 Å². The van der Waals surface area contributed by atoms with Gasteiger partial charge in [-0.3, -0.25) is 9.59 Å². The highest BCUT2D eigenvalue weighted by Crippen LogP contribution is 2.18. The van der Waals surface area contributed by atoms with Gasteiger partial charge >= 0.3 is 0 Å². The van der Waals surface area contributed by atoms with Gasteiger partial charge in [-0.2, -0.15) is 0 Å². The maximum atomic E-state index is 13.1. The Kier molecular flexibility index (Phi) is 7.97. The monoisotopic (exact) mass is 456 g/mol. The SMILES string of the molecule is CCOc1ccc(C(=O)N2CCC(NC(=O)c3ccccc3CCc3ccccc3)CC2)cc1. The van der Waals surface area contributed by atoms with Gasteiger partial charge in [-0.15, -0.1) is 0 Å². The molecule has 1 heterocycles. The van der Waals surface area contributed by atoms with E-state index in [9.17, 15) is 9.59 Å². The Labute approximate surface area is 201 Å². The van der Waals surface area contributed by atoms with Crippen molar-refractivity contribution >= 4 is 11.8 Å². The van der Waals surface area contributed by atoms with Crippen LogP contribution < -0.4 is 10.1 Å². The fourth-order valence-corrected chi connectivity index (χ4v) is 4.42. The van der Waals surface area contributed by atoms with Crippen molar-refractivity contribution in [3.63, 3.8) is 0 Å². The molecule has 176 valence electrons. The average molecular weight is 457 g/mol. The molecule has 0 spiro atoms. The van der Waals surface area contributed by atoms with Gasteiger partial charge in [-0.1, -0.05) is 48.5 Å². The van der Waals surface area contributed by atoms with Crippen molar-refractivity contribution < 1.29 is 14.3 Å². The number of piperidine rings is 1. The van der Waals surface area contributed by atoms with Crippen LogP contribution in [0.1, 0.15) is 51.6 Å². The van der Waals surface area contributed by atoms with Crippen molar-refractivity contribution in [2.45, 2.75) is 38.6 Å². The highest BCUT2D eigenvalue weighted by molar-refractivity contribution is 5.96. The molecule has 3 aromatic rings. The van der Waals surface area contributed by atoms with E-state index in [1.54, 1.807) is 0 Å². The van der Waals surface area contributed by atoms with E-state index in [0.29, 0.717) is 25.3 Å². The topological polar surface area (TPSA) is 58.6 Å². The Morgan fingerprint density at radius 3 is 2.26 bits per heavy atom. The minimum atomic E-state index is -0.0278. The summed E-state index contributed by atoms with van der Waals surface area (Å²) in [5.74, 6) is 0.767. The number of carbonyl (C=O) groups excluding carboxylic acids is 2. The first-order valence-corrected chi connectivity index (χ1v) is 12.1. The molecule has 2 amide bonds.